The monoisotopic (exact) mass is 551 g/mol. The van der Waals surface area contributed by atoms with Crippen LogP contribution in [-0.2, 0) is 17.9 Å². The van der Waals surface area contributed by atoms with Crippen molar-refractivity contribution in [3.8, 4) is 0 Å². The van der Waals surface area contributed by atoms with Gasteiger partial charge in [0.25, 0.3) is 17.1 Å². The fourth-order valence-corrected chi connectivity index (χ4v) is 5.35. The SMILES string of the molecule is O=C(c1cccc(/C=C2\SC(=O)N(Cc3ccc(F)cc3F)C2=O)c1)N1CCN(Cc2ccc(F)cc2)CC1. The highest BCUT2D eigenvalue weighted by atomic mass is 32.2. The Morgan fingerprint density at radius 1 is 0.846 bits per heavy atom. The molecule has 0 N–H and O–H groups in total. The molecule has 2 saturated heterocycles. The van der Waals surface area contributed by atoms with Gasteiger partial charge < -0.3 is 4.90 Å². The molecular weight excluding hydrogens is 527 g/mol. The summed E-state index contributed by atoms with van der Waals surface area (Å²) in [6.07, 6.45) is 1.53. The van der Waals surface area contributed by atoms with Gasteiger partial charge in [-0.15, -0.1) is 0 Å². The minimum atomic E-state index is -0.833. The van der Waals surface area contributed by atoms with Crippen LogP contribution >= 0.6 is 11.8 Å². The lowest BCUT2D eigenvalue weighted by molar-refractivity contribution is -0.123. The van der Waals surface area contributed by atoms with Crippen molar-refractivity contribution in [1.29, 1.82) is 0 Å². The third kappa shape index (κ3) is 6.23. The summed E-state index contributed by atoms with van der Waals surface area (Å²) in [5.41, 5.74) is 2.08. The van der Waals surface area contributed by atoms with E-state index in [1.54, 1.807) is 41.3 Å². The first-order valence-electron chi connectivity index (χ1n) is 12.3. The van der Waals surface area contributed by atoms with E-state index in [0.717, 1.165) is 28.3 Å². The topological polar surface area (TPSA) is 60.9 Å². The van der Waals surface area contributed by atoms with Gasteiger partial charge in [-0.3, -0.25) is 24.2 Å². The Balaban J connectivity index is 1.22. The zero-order valence-corrected chi connectivity index (χ0v) is 21.6. The number of carbonyl (C=O) groups excluding carboxylic acids is 3. The number of nitrogens with zero attached hydrogens (tertiary/aromatic N) is 3. The number of piperazine rings is 1. The summed E-state index contributed by atoms with van der Waals surface area (Å²) < 4.78 is 40.4. The Kier molecular flexibility index (Phi) is 7.85. The molecular formula is C29H24F3N3O3S. The summed E-state index contributed by atoms with van der Waals surface area (Å²) in [6, 6.07) is 16.2. The summed E-state index contributed by atoms with van der Waals surface area (Å²) in [4.78, 5) is 43.5. The van der Waals surface area contributed by atoms with Gasteiger partial charge in [-0.05, 0) is 59.3 Å². The number of halogens is 3. The smallest absolute Gasteiger partial charge is 0.293 e. The van der Waals surface area contributed by atoms with Gasteiger partial charge in [0.15, 0.2) is 0 Å². The highest BCUT2D eigenvalue weighted by molar-refractivity contribution is 8.18. The second-order valence-corrected chi connectivity index (χ2v) is 10.3. The Morgan fingerprint density at radius 3 is 2.28 bits per heavy atom. The molecule has 6 nitrogen and oxygen atoms in total. The van der Waals surface area contributed by atoms with Crippen LogP contribution in [0, 0.1) is 17.5 Å². The first-order chi connectivity index (χ1) is 18.8. The number of hydrogen-bond acceptors (Lipinski definition) is 5. The van der Waals surface area contributed by atoms with E-state index >= 15 is 0 Å². The number of thioether (sulfide) groups is 1. The lowest BCUT2D eigenvalue weighted by atomic mass is 10.1. The van der Waals surface area contributed by atoms with Crippen LogP contribution in [0.4, 0.5) is 18.0 Å². The van der Waals surface area contributed by atoms with Gasteiger partial charge in [0.1, 0.15) is 17.5 Å². The molecule has 200 valence electrons. The largest absolute Gasteiger partial charge is 0.336 e. The van der Waals surface area contributed by atoms with E-state index in [9.17, 15) is 27.6 Å². The Labute approximate surface area is 227 Å². The first kappa shape index (κ1) is 26.7. The molecule has 2 aliphatic rings. The fraction of sp³-hybridized carbons (Fsp3) is 0.207. The maximum Gasteiger partial charge on any atom is 0.293 e. The molecule has 0 radical (unpaired) electrons. The summed E-state index contributed by atoms with van der Waals surface area (Å²) in [5.74, 6) is -2.56. The van der Waals surface area contributed by atoms with Crippen LogP contribution in [0.3, 0.4) is 0 Å². The van der Waals surface area contributed by atoms with Gasteiger partial charge in [-0.25, -0.2) is 13.2 Å². The Hall–Kier alpha value is -3.89. The molecule has 2 fully saturated rings. The zero-order chi connectivity index (χ0) is 27.5. The van der Waals surface area contributed by atoms with E-state index in [-0.39, 0.29) is 28.7 Å². The van der Waals surface area contributed by atoms with Gasteiger partial charge >= 0.3 is 0 Å². The van der Waals surface area contributed by atoms with Crippen molar-refractivity contribution in [3.63, 3.8) is 0 Å². The predicted octanol–water partition coefficient (Wildman–Crippen LogP) is 5.30. The quantitative estimate of drug-likeness (QED) is 0.390. The zero-order valence-electron chi connectivity index (χ0n) is 20.8. The molecule has 3 aromatic rings. The van der Waals surface area contributed by atoms with Gasteiger partial charge in [0.05, 0.1) is 11.4 Å². The van der Waals surface area contributed by atoms with Crippen LogP contribution in [0.15, 0.2) is 71.6 Å². The predicted molar refractivity (Wildman–Crippen MR) is 142 cm³/mol. The average molecular weight is 552 g/mol. The number of imide groups is 1. The maximum absolute atomic E-state index is 14.0. The lowest BCUT2D eigenvalue weighted by Gasteiger charge is -2.34. The molecule has 3 amide bonds. The molecule has 2 heterocycles. The van der Waals surface area contributed by atoms with Crippen molar-refractivity contribution >= 4 is 34.9 Å². The number of carbonyl (C=O) groups is 3. The third-order valence-corrected chi connectivity index (χ3v) is 7.53. The fourth-order valence-electron chi connectivity index (χ4n) is 4.51. The standard InChI is InChI=1S/C29H24F3N3O3S/c30-23-7-4-19(5-8-23)17-33-10-12-34(13-11-33)27(36)21-3-1-2-20(14-21)15-26-28(37)35(29(38)39-26)18-22-6-9-24(31)16-25(22)32/h1-9,14-16H,10-13,17-18H2/b26-15-. The van der Waals surface area contributed by atoms with Crippen molar-refractivity contribution in [2.75, 3.05) is 26.2 Å². The summed E-state index contributed by atoms with van der Waals surface area (Å²) in [6.45, 7) is 2.84. The number of rotatable bonds is 6. The van der Waals surface area contributed by atoms with Crippen LogP contribution < -0.4 is 0 Å². The third-order valence-electron chi connectivity index (χ3n) is 6.63. The van der Waals surface area contributed by atoms with Gasteiger partial charge in [0, 0.05) is 49.9 Å². The lowest BCUT2D eigenvalue weighted by Crippen LogP contribution is -2.48. The Morgan fingerprint density at radius 2 is 1.56 bits per heavy atom. The number of benzene rings is 3. The summed E-state index contributed by atoms with van der Waals surface area (Å²) in [7, 11) is 0. The Bertz CT molecular complexity index is 1450. The molecule has 5 rings (SSSR count). The van der Waals surface area contributed by atoms with Crippen LogP contribution in [0.1, 0.15) is 27.0 Å². The minimum Gasteiger partial charge on any atom is -0.336 e. The normalized spacial score (nSPS) is 17.4. The van der Waals surface area contributed by atoms with Crippen molar-refractivity contribution in [2.24, 2.45) is 0 Å². The summed E-state index contributed by atoms with van der Waals surface area (Å²) in [5, 5.41) is -0.555. The van der Waals surface area contributed by atoms with E-state index in [1.807, 2.05) is 0 Å². The summed E-state index contributed by atoms with van der Waals surface area (Å²) >= 11 is 0.729. The van der Waals surface area contributed by atoms with Crippen molar-refractivity contribution in [3.05, 3.63) is 111 Å². The molecule has 0 atom stereocenters. The molecule has 2 aliphatic heterocycles. The molecule has 3 aromatic carbocycles. The molecule has 0 aromatic heterocycles. The van der Waals surface area contributed by atoms with Gasteiger partial charge in [-0.2, -0.15) is 0 Å². The van der Waals surface area contributed by atoms with Gasteiger partial charge in [0.2, 0.25) is 0 Å². The average Bonchev–Trinajstić information content (AvgIpc) is 3.19. The van der Waals surface area contributed by atoms with Crippen molar-refractivity contribution in [2.45, 2.75) is 13.1 Å². The molecule has 39 heavy (non-hydrogen) atoms. The van der Waals surface area contributed by atoms with Gasteiger partial charge in [-0.1, -0.05) is 30.3 Å². The van der Waals surface area contributed by atoms with Crippen molar-refractivity contribution < 1.29 is 27.6 Å². The maximum atomic E-state index is 14.0. The van der Waals surface area contributed by atoms with Crippen LogP contribution in [0.2, 0.25) is 0 Å². The van der Waals surface area contributed by atoms with E-state index in [0.29, 0.717) is 49.9 Å². The highest BCUT2D eigenvalue weighted by Gasteiger charge is 2.35. The van der Waals surface area contributed by atoms with Crippen molar-refractivity contribution in [1.82, 2.24) is 14.7 Å². The molecule has 10 heteroatoms. The molecule has 0 saturated carbocycles. The van der Waals surface area contributed by atoms with E-state index < -0.39 is 22.8 Å². The highest BCUT2D eigenvalue weighted by Crippen LogP contribution is 2.33. The van der Waals surface area contributed by atoms with Crippen LogP contribution in [0.5, 0.6) is 0 Å². The van der Waals surface area contributed by atoms with E-state index in [1.165, 1.54) is 24.3 Å². The number of hydrogen-bond donors (Lipinski definition) is 0. The van der Waals surface area contributed by atoms with E-state index in [4.69, 9.17) is 0 Å². The second-order valence-electron chi connectivity index (χ2n) is 9.32. The number of amides is 3. The van der Waals surface area contributed by atoms with Crippen LogP contribution in [-0.4, -0.2) is 57.9 Å². The molecule has 0 aliphatic carbocycles. The first-order valence-corrected chi connectivity index (χ1v) is 13.1. The minimum absolute atomic E-state index is 0.0327. The molecule has 0 bridgehead atoms. The molecule has 0 spiro atoms. The van der Waals surface area contributed by atoms with Crippen LogP contribution in [0.25, 0.3) is 6.08 Å². The van der Waals surface area contributed by atoms with E-state index in [2.05, 4.69) is 4.90 Å². The molecule has 0 unspecified atom stereocenters. The second kappa shape index (κ2) is 11.5.